The van der Waals surface area contributed by atoms with Gasteiger partial charge in [-0.15, -0.1) is 0 Å². The normalized spacial score (nSPS) is 11.2. The zero-order valence-electron chi connectivity index (χ0n) is 10.9. The fourth-order valence-electron chi connectivity index (χ4n) is 1.89. The van der Waals surface area contributed by atoms with E-state index in [1.54, 1.807) is 24.3 Å². The molecule has 0 heterocycles. The monoisotopic (exact) mass is 309 g/mol. The van der Waals surface area contributed by atoms with E-state index in [-0.39, 0.29) is 5.75 Å². The Morgan fingerprint density at radius 2 is 1.60 bits per heavy atom. The van der Waals surface area contributed by atoms with Gasteiger partial charge < -0.3 is 0 Å². The van der Waals surface area contributed by atoms with Crippen LogP contribution >= 0.6 is 11.6 Å². The number of halogens is 1. The van der Waals surface area contributed by atoms with Crippen LogP contribution in [0.4, 0.5) is 5.69 Å². The van der Waals surface area contributed by atoms with Gasteiger partial charge in [-0.3, -0.25) is 4.72 Å². The van der Waals surface area contributed by atoms with Crippen LogP contribution in [0.25, 0.3) is 0 Å². The van der Waals surface area contributed by atoms with Gasteiger partial charge in [0.05, 0.1) is 5.75 Å². The molecular weight excluding hydrogens is 294 g/mol. The summed E-state index contributed by atoms with van der Waals surface area (Å²) >= 11 is 6.04. The number of nitrogens with one attached hydrogen (secondary N) is 1. The van der Waals surface area contributed by atoms with Crippen LogP contribution in [0.15, 0.2) is 54.6 Å². The molecule has 1 N–H and O–H groups in total. The van der Waals surface area contributed by atoms with E-state index >= 15 is 0 Å². The number of hydrogen-bond acceptors (Lipinski definition) is 2. The van der Waals surface area contributed by atoms with Crippen LogP contribution in [0, 0.1) is 0 Å². The molecule has 106 valence electrons. The van der Waals surface area contributed by atoms with Gasteiger partial charge in [0.1, 0.15) is 0 Å². The minimum atomic E-state index is -3.31. The Hall–Kier alpha value is -1.52. The first kappa shape index (κ1) is 14.9. The molecule has 2 rings (SSSR count). The lowest BCUT2D eigenvalue weighted by atomic mass is 10.1. The van der Waals surface area contributed by atoms with Crippen LogP contribution in [0.5, 0.6) is 0 Å². The van der Waals surface area contributed by atoms with Gasteiger partial charge in [0.2, 0.25) is 10.0 Å². The number of para-hydroxylation sites is 1. The largest absolute Gasteiger partial charge is 0.284 e. The number of aryl methyl sites for hydroxylation is 1. The molecule has 0 saturated heterocycles. The Bertz CT molecular complexity index is 657. The molecule has 0 bridgehead atoms. The molecule has 0 aliphatic heterocycles. The summed E-state index contributed by atoms with van der Waals surface area (Å²) in [6.45, 7) is 0. The fourth-order valence-corrected chi connectivity index (χ4v) is 3.24. The highest BCUT2D eigenvalue weighted by molar-refractivity contribution is 7.92. The highest BCUT2D eigenvalue weighted by Gasteiger charge is 2.10. The maximum atomic E-state index is 11.9. The zero-order valence-corrected chi connectivity index (χ0v) is 12.5. The summed E-state index contributed by atoms with van der Waals surface area (Å²) in [5, 5.41) is 0.681. The Morgan fingerprint density at radius 3 is 2.30 bits per heavy atom. The molecule has 0 radical (unpaired) electrons. The van der Waals surface area contributed by atoms with Gasteiger partial charge in [-0.1, -0.05) is 48.0 Å². The molecule has 0 spiro atoms. The third-order valence-corrected chi connectivity index (χ3v) is 4.61. The van der Waals surface area contributed by atoms with Crippen LogP contribution in [0.3, 0.4) is 0 Å². The number of sulfonamides is 1. The first-order chi connectivity index (χ1) is 9.57. The molecule has 0 aliphatic carbocycles. The summed E-state index contributed by atoms with van der Waals surface area (Å²) in [7, 11) is -3.31. The number of hydrogen-bond donors (Lipinski definition) is 1. The molecule has 0 amide bonds. The van der Waals surface area contributed by atoms with Gasteiger partial charge in [-0.05, 0) is 36.6 Å². The van der Waals surface area contributed by atoms with Crippen LogP contribution in [-0.2, 0) is 16.4 Å². The maximum absolute atomic E-state index is 11.9. The third-order valence-electron chi connectivity index (χ3n) is 2.86. The maximum Gasteiger partial charge on any atom is 0.232 e. The van der Waals surface area contributed by atoms with Gasteiger partial charge in [0.15, 0.2) is 0 Å². The first-order valence-electron chi connectivity index (χ1n) is 6.36. The van der Waals surface area contributed by atoms with Crippen molar-refractivity contribution in [2.24, 2.45) is 0 Å². The molecule has 3 nitrogen and oxygen atoms in total. The van der Waals surface area contributed by atoms with Crippen molar-refractivity contribution >= 4 is 27.3 Å². The van der Waals surface area contributed by atoms with E-state index in [2.05, 4.69) is 4.72 Å². The second kappa shape index (κ2) is 6.77. The van der Waals surface area contributed by atoms with Gasteiger partial charge >= 0.3 is 0 Å². The average molecular weight is 310 g/mol. The van der Waals surface area contributed by atoms with E-state index < -0.39 is 10.0 Å². The van der Waals surface area contributed by atoms with Gasteiger partial charge in [-0.25, -0.2) is 8.42 Å². The SMILES string of the molecule is O=S(=O)(CCCc1ccccc1Cl)Nc1ccccc1. The van der Waals surface area contributed by atoms with E-state index in [1.807, 2.05) is 30.3 Å². The van der Waals surface area contributed by atoms with Crippen molar-refractivity contribution < 1.29 is 8.42 Å². The summed E-state index contributed by atoms with van der Waals surface area (Å²) in [6, 6.07) is 16.4. The number of benzene rings is 2. The van der Waals surface area contributed by atoms with Crippen molar-refractivity contribution in [3.63, 3.8) is 0 Å². The molecular formula is C15H16ClNO2S. The summed E-state index contributed by atoms with van der Waals surface area (Å²) in [5.41, 5.74) is 1.56. The Morgan fingerprint density at radius 1 is 0.950 bits per heavy atom. The molecule has 2 aromatic carbocycles. The lowest BCUT2D eigenvalue weighted by Crippen LogP contribution is -2.17. The highest BCUT2D eigenvalue weighted by Crippen LogP contribution is 2.17. The molecule has 0 aromatic heterocycles. The topological polar surface area (TPSA) is 46.2 Å². The summed E-state index contributed by atoms with van der Waals surface area (Å²) in [6.07, 6.45) is 1.18. The third kappa shape index (κ3) is 4.54. The smallest absolute Gasteiger partial charge is 0.232 e. The van der Waals surface area contributed by atoms with Crippen LogP contribution < -0.4 is 4.72 Å². The van der Waals surface area contributed by atoms with Gasteiger partial charge in [-0.2, -0.15) is 0 Å². The Kier molecular flexibility index (Phi) is 5.04. The molecule has 5 heteroatoms. The predicted molar refractivity (Wildman–Crippen MR) is 83.6 cm³/mol. The summed E-state index contributed by atoms with van der Waals surface area (Å²) in [4.78, 5) is 0. The van der Waals surface area contributed by atoms with Crippen LogP contribution in [-0.4, -0.2) is 14.2 Å². The lowest BCUT2D eigenvalue weighted by molar-refractivity contribution is 0.598. The number of rotatable bonds is 6. The lowest BCUT2D eigenvalue weighted by Gasteiger charge is -2.08. The summed E-state index contributed by atoms with van der Waals surface area (Å²) in [5.74, 6) is 0.0765. The van der Waals surface area contributed by atoms with Gasteiger partial charge in [0.25, 0.3) is 0 Å². The minimum absolute atomic E-state index is 0.0765. The van der Waals surface area contributed by atoms with Crippen molar-refractivity contribution in [2.75, 3.05) is 10.5 Å². The Labute approximate surface area is 124 Å². The van der Waals surface area contributed by atoms with E-state index in [1.165, 1.54) is 0 Å². The van der Waals surface area contributed by atoms with Crippen molar-refractivity contribution in [1.29, 1.82) is 0 Å². The van der Waals surface area contributed by atoms with Crippen molar-refractivity contribution in [2.45, 2.75) is 12.8 Å². The molecule has 0 aliphatic rings. The highest BCUT2D eigenvalue weighted by atomic mass is 35.5. The first-order valence-corrected chi connectivity index (χ1v) is 8.39. The van der Waals surface area contributed by atoms with E-state index in [4.69, 9.17) is 11.6 Å². The second-order valence-corrected chi connectivity index (χ2v) is 6.73. The minimum Gasteiger partial charge on any atom is -0.284 e. The van der Waals surface area contributed by atoms with Gasteiger partial charge in [0, 0.05) is 10.7 Å². The van der Waals surface area contributed by atoms with Crippen molar-refractivity contribution in [1.82, 2.24) is 0 Å². The quantitative estimate of drug-likeness (QED) is 0.884. The molecule has 20 heavy (non-hydrogen) atoms. The van der Waals surface area contributed by atoms with E-state index in [9.17, 15) is 8.42 Å². The molecule has 0 fully saturated rings. The van der Waals surface area contributed by atoms with E-state index in [0.29, 0.717) is 23.6 Å². The molecule has 0 atom stereocenters. The zero-order chi connectivity index (χ0) is 14.4. The standard InChI is InChI=1S/C15H16ClNO2S/c16-15-11-5-4-7-13(15)8-6-12-20(18,19)17-14-9-2-1-3-10-14/h1-5,7,9-11,17H,6,8,12H2. The van der Waals surface area contributed by atoms with Crippen molar-refractivity contribution in [3.05, 3.63) is 65.2 Å². The van der Waals surface area contributed by atoms with Crippen LogP contribution in [0.1, 0.15) is 12.0 Å². The average Bonchev–Trinajstić information content (AvgIpc) is 2.41. The number of anilines is 1. The van der Waals surface area contributed by atoms with Crippen molar-refractivity contribution in [3.8, 4) is 0 Å². The van der Waals surface area contributed by atoms with Crippen LogP contribution in [0.2, 0.25) is 5.02 Å². The second-order valence-electron chi connectivity index (χ2n) is 4.48. The Balaban J connectivity index is 1.89. The molecule has 0 saturated carbocycles. The molecule has 2 aromatic rings. The predicted octanol–water partition coefficient (Wildman–Crippen LogP) is 3.71. The summed E-state index contributed by atoms with van der Waals surface area (Å²) < 4.78 is 26.4. The fraction of sp³-hybridized carbons (Fsp3) is 0.200. The molecule has 0 unspecified atom stereocenters. The van der Waals surface area contributed by atoms with E-state index in [0.717, 1.165) is 5.56 Å².